The maximum atomic E-state index is 12.8. The van der Waals surface area contributed by atoms with Crippen LogP contribution in [0, 0.1) is 11.6 Å². The topological polar surface area (TPSA) is 24.7 Å². The highest BCUT2D eigenvalue weighted by atomic mass is 19.1. The molecule has 0 aliphatic rings. The zero-order chi connectivity index (χ0) is 11.4. The average molecular weight is 218 g/mol. The largest absolute Gasteiger partial charge is 0.207 e. The quantitative estimate of drug-likeness (QED) is 0.668. The second-order valence-electron chi connectivity index (χ2n) is 3.16. The van der Waals surface area contributed by atoms with Crippen molar-refractivity contribution in [3.63, 3.8) is 0 Å². The first-order valence-corrected chi connectivity index (χ1v) is 4.67. The van der Waals surface area contributed by atoms with Gasteiger partial charge in [-0.15, -0.1) is 0 Å². The molecule has 0 spiro atoms. The van der Waals surface area contributed by atoms with Crippen LogP contribution in [0.1, 0.15) is 0 Å². The van der Waals surface area contributed by atoms with Crippen LogP contribution in [0.2, 0.25) is 0 Å². The van der Waals surface area contributed by atoms with Crippen molar-refractivity contribution in [1.82, 2.24) is 0 Å². The zero-order valence-corrected chi connectivity index (χ0v) is 8.27. The number of azo groups is 1. The molecule has 0 radical (unpaired) electrons. The first-order chi connectivity index (χ1) is 7.74. The number of benzene rings is 2. The summed E-state index contributed by atoms with van der Waals surface area (Å²) in [5.74, 6) is -0.758. The summed E-state index contributed by atoms with van der Waals surface area (Å²) in [5, 5.41) is 7.59. The van der Waals surface area contributed by atoms with Crippen molar-refractivity contribution in [1.29, 1.82) is 0 Å². The summed E-state index contributed by atoms with van der Waals surface area (Å²) < 4.78 is 25.6. The van der Waals surface area contributed by atoms with Gasteiger partial charge in [-0.3, -0.25) is 0 Å². The Labute approximate surface area is 91.3 Å². The van der Waals surface area contributed by atoms with Crippen molar-refractivity contribution in [2.24, 2.45) is 10.2 Å². The zero-order valence-electron chi connectivity index (χ0n) is 8.27. The molecule has 4 heteroatoms. The van der Waals surface area contributed by atoms with Gasteiger partial charge in [0.25, 0.3) is 0 Å². The third kappa shape index (κ3) is 2.70. The Bertz CT molecular complexity index is 476. The lowest BCUT2D eigenvalue weighted by molar-refractivity contribution is 0.627. The summed E-state index contributed by atoms with van der Waals surface area (Å²) in [6, 6.07) is 11.5. The molecule has 0 amide bonds. The molecule has 0 heterocycles. The van der Waals surface area contributed by atoms with Crippen molar-refractivity contribution in [3.05, 3.63) is 60.2 Å². The van der Waals surface area contributed by atoms with Gasteiger partial charge >= 0.3 is 0 Å². The van der Waals surface area contributed by atoms with E-state index in [0.717, 1.165) is 0 Å². The first-order valence-electron chi connectivity index (χ1n) is 4.67. The minimum Gasteiger partial charge on any atom is -0.207 e. The highest BCUT2D eigenvalue weighted by Gasteiger charge is 1.94. The number of hydrogen-bond donors (Lipinski definition) is 0. The Morgan fingerprint density at radius 1 is 0.688 bits per heavy atom. The van der Waals surface area contributed by atoms with Crippen LogP contribution in [-0.2, 0) is 0 Å². The summed E-state index contributed by atoms with van der Waals surface area (Å²) in [4.78, 5) is 0. The van der Waals surface area contributed by atoms with E-state index in [1.54, 1.807) is 12.1 Å². The summed E-state index contributed by atoms with van der Waals surface area (Å²) >= 11 is 0. The Kier molecular flexibility index (Phi) is 3.00. The molecule has 0 fully saturated rings. The lowest BCUT2D eigenvalue weighted by Crippen LogP contribution is -1.71. The molecule has 0 bridgehead atoms. The monoisotopic (exact) mass is 218 g/mol. The number of hydrogen-bond acceptors (Lipinski definition) is 2. The van der Waals surface area contributed by atoms with Crippen molar-refractivity contribution >= 4 is 11.4 Å². The lowest BCUT2D eigenvalue weighted by Gasteiger charge is -1.93. The van der Waals surface area contributed by atoms with Gasteiger partial charge < -0.3 is 0 Å². The Morgan fingerprint density at radius 3 is 1.50 bits per heavy atom. The van der Waals surface area contributed by atoms with Gasteiger partial charge in [0.05, 0.1) is 11.4 Å². The molecule has 0 unspecified atom stereocenters. The number of nitrogens with zero attached hydrogens (tertiary/aromatic N) is 2. The molecule has 16 heavy (non-hydrogen) atoms. The molecule has 0 aliphatic heterocycles. The minimum atomic E-state index is -0.379. The molecule has 80 valence electrons. The minimum absolute atomic E-state index is 0.379. The van der Waals surface area contributed by atoms with Gasteiger partial charge in [0, 0.05) is 12.1 Å². The van der Waals surface area contributed by atoms with Crippen LogP contribution >= 0.6 is 0 Å². The Hall–Kier alpha value is -2.10. The highest BCUT2D eigenvalue weighted by Crippen LogP contribution is 2.19. The molecular weight excluding hydrogens is 210 g/mol. The molecule has 2 aromatic carbocycles. The molecule has 0 aliphatic carbocycles. The van der Waals surface area contributed by atoms with Crippen LogP contribution in [-0.4, -0.2) is 0 Å². The lowest BCUT2D eigenvalue weighted by atomic mass is 10.3. The molecule has 2 nitrogen and oxygen atoms in total. The summed E-state index contributed by atoms with van der Waals surface area (Å²) in [7, 11) is 0. The van der Waals surface area contributed by atoms with E-state index in [-0.39, 0.29) is 11.6 Å². The van der Waals surface area contributed by atoms with Gasteiger partial charge in [0.1, 0.15) is 11.6 Å². The predicted octanol–water partition coefficient (Wildman–Crippen LogP) is 4.38. The fraction of sp³-hybridized carbons (Fsp3) is 0. The highest BCUT2D eigenvalue weighted by molar-refractivity contribution is 5.39. The second kappa shape index (κ2) is 4.61. The summed E-state index contributed by atoms with van der Waals surface area (Å²) in [6.07, 6.45) is 0. The van der Waals surface area contributed by atoms with Crippen molar-refractivity contribution in [2.75, 3.05) is 0 Å². The van der Waals surface area contributed by atoms with Gasteiger partial charge in [-0.25, -0.2) is 8.78 Å². The van der Waals surface area contributed by atoms with Gasteiger partial charge in [0.15, 0.2) is 0 Å². The van der Waals surface area contributed by atoms with E-state index in [2.05, 4.69) is 10.2 Å². The van der Waals surface area contributed by atoms with Crippen LogP contribution in [0.25, 0.3) is 0 Å². The fourth-order valence-electron chi connectivity index (χ4n) is 1.19. The molecule has 2 rings (SSSR count). The number of rotatable bonds is 2. The van der Waals surface area contributed by atoms with Crippen molar-refractivity contribution in [2.45, 2.75) is 0 Å². The molecular formula is C12H8F2N2. The van der Waals surface area contributed by atoms with Crippen LogP contribution in [0.15, 0.2) is 58.8 Å². The smallest absolute Gasteiger partial charge is 0.125 e. The summed E-state index contributed by atoms with van der Waals surface area (Å²) in [6.45, 7) is 0. The van der Waals surface area contributed by atoms with Gasteiger partial charge in [-0.05, 0) is 24.3 Å². The van der Waals surface area contributed by atoms with Gasteiger partial charge in [-0.1, -0.05) is 12.1 Å². The molecule has 0 saturated heterocycles. The van der Waals surface area contributed by atoms with E-state index in [0.29, 0.717) is 11.4 Å². The first kappa shape index (κ1) is 10.4. The molecule has 0 N–H and O–H groups in total. The maximum Gasteiger partial charge on any atom is 0.125 e. The Balaban J connectivity index is 2.21. The SMILES string of the molecule is Fc1cccc(/N=N/c2cccc(F)c2)c1. The second-order valence-corrected chi connectivity index (χ2v) is 3.16. The van der Waals surface area contributed by atoms with Gasteiger partial charge in [0.2, 0.25) is 0 Å². The molecule has 2 aromatic rings. The molecule has 0 saturated carbocycles. The molecule has 0 atom stereocenters. The van der Waals surface area contributed by atoms with Crippen molar-refractivity contribution in [3.8, 4) is 0 Å². The van der Waals surface area contributed by atoms with E-state index < -0.39 is 0 Å². The standard InChI is InChI=1S/C12H8F2N2/c13-9-3-1-5-11(7-9)15-16-12-6-2-4-10(14)8-12/h1-8H/b16-15+. The van der Waals surface area contributed by atoms with Crippen LogP contribution < -0.4 is 0 Å². The van der Waals surface area contributed by atoms with Crippen molar-refractivity contribution < 1.29 is 8.78 Å². The fourth-order valence-corrected chi connectivity index (χ4v) is 1.19. The normalized spacial score (nSPS) is 10.9. The third-order valence-corrected chi connectivity index (χ3v) is 1.90. The van der Waals surface area contributed by atoms with Gasteiger partial charge in [-0.2, -0.15) is 10.2 Å². The third-order valence-electron chi connectivity index (χ3n) is 1.90. The van der Waals surface area contributed by atoms with Crippen LogP contribution in [0.3, 0.4) is 0 Å². The predicted molar refractivity (Wildman–Crippen MR) is 57.0 cm³/mol. The maximum absolute atomic E-state index is 12.8. The van der Waals surface area contributed by atoms with E-state index in [1.165, 1.54) is 36.4 Å². The average Bonchev–Trinajstić information content (AvgIpc) is 2.27. The van der Waals surface area contributed by atoms with E-state index >= 15 is 0 Å². The van der Waals surface area contributed by atoms with E-state index in [4.69, 9.17) is 0 Å². The van der Waals surface area contributed by atoms with E-state index in [1.807, 2.05) is 0 Å². The summed E-state index contributed by atoms with van der Waals surface area (Å²) in [5.41, 5.74) is 0.786. The van der Waals surface area contributed by atoms with Crippen LogP contribution in [0.5, 0.6) is 0 Å². The molecule has 0 aromatic heterocycles. The Morgan fingerprint density at radius 2 is 1.12 bits per heavy atom. The van der Waals surface area contributed by atoms with Crippen LogP contribution in [0.4, 0.5) is 20.2 Å². The van der Waals surface area contributed by atoms with E-state index in [9.17, 15) is 8.78 Å². The number of halogens is 2.